The summed E-state index contributed by atoms with van der Waals surface area (Å²) < 4.78 is 2.51. The van der Waals surface area contributed by atoms with Gasteiger partial charge in [0.25, 0.3) is 5.56 Å². The molecule has 4 aromatic rings. The van der Waals surface area contributed by atoms with Crippen molar-refractivity contribution in [1.29, 1.82) is 0 Å². The highest BCUT2D eigenvalue weighted by atomic mass is 32.1. The second-order valence-electron chi connectivity index (χ2n) is 7.69. The fraction of sp³-hybridized carbons (Fsp3) is 0.208. The molecule has 162 valence electrons. The zero-order valence-corrected chi connectivity index (χ0v) is 18.8. The van der Waals surface area contributed by atoms with E-state index in [1.165, 1.54) is 21.7 Å². The molecule has 32 heavy (non-hydrogen) atoms. The summed E-state index contributed by atoms with van der Waals surface area (Å²) in [7, 11) is 0. The quantitative estimate of drug-likeness (QED) is 0.456. The van der Waals surface area contributed by atoms with Crippen LogP contribution >= 0.6 is 22.7 Å². The average molecular weight is 464 g/mol. The summed E-state index contributed by atoms with van der Waals surface area (Å²) in [6.07, 6.45) is 2.27. The number of fused-ring (bicyclic) bond motifs is 1. The third-order valence-electron chi connectivity index (χ3n) is 5.73. The number of aromatic nitrogens is 2. The molecule has 0 N–H and O–H groups in total. The summed E-state index contributed by atoms with van der Waals surface area (Å²) in [5.41, 5.74) is 1.15. The molecule has 0 bridgehead atoms. The van der Waals surface area contributed by atoms with Gasteiger partial charge in [0.1, 0.15) is 6.54 Å². The molecule has 5 rings (SSSR count). The first kappa shape index (κ1) is 20.7. The van der Waals surface area contributed by atoms with Gasteiger partial charge in [0, 0.05) is 28.6 Å². The van der Waals surface area contributed by atoms with Gasteiger partial charge >= 0.3 is 5.69 Å². The molecular weight excluding hydrogens is 442 g/mol. The molecule has 0 saturated carbocycles. The van der Waals surface area contributed by atoms with Crippen LogP contribution in [0.15, 0.2) is 81.1 Å². The fourth-order valence-electron chi connectivity index (χ4n) is 4.17. The van der Waals surface area contributed by atoms with Crippen LogP contribution in [0.1, 0.15) is 26.9 Å². The van der Waals surface area contributed by atoms with Gasteiger partial charge in [-0.2, -0.15) is 0 Å². The van der Waals surface area contributed by atoms with E-state index in [-0.39, 0.29) is 18.5 Å². The molecule has 3 aromatic heterocycles. The van der Waals surface area contributed by atoms with E-state index in [1.807, 2.05) is 47.8 Å². The zero-order valence-electron chi connectivity index (χ0n) is 17.2. The normalized spacial score (nSPS) is 15.5. The first-order valence-corrected chi connectivity index (χ1v) is 12.1. The highest BCUT2D eigenvalue weighted by molar-refractivity contribution is 7.10. The van der Waals surface area contributed by atoms with E-state index < -0.39 is 11.2 Å². The summed E-state index contributed by atoms with van der Waals surface area (Å²) >= 11 is 3.32. The van der Waals surface area contributed by atoms with Crippen LogP contribution in [0.3, 0.4) is 0 Å². The molecule has 4 heterocycles. The molecule has 1 atom stereocenters. The van der Waals surface area contributed by atoms with Crippen LogP contribution in [0, 0.1) is 0 Å². The number of carbonyl (C=O) groups excluding carboxylic acids is 1. The number of benzene rings is 1. The summed E-state index contributed by atoms with van der Waals surface area (Å²) in [6.45, 7) is 0.636. The Morgan fingerprint density at radius 2 is 1.81 bits per heavy atom. The number of thiophene rings is 2. The molecule has 1 amide bonds. The average Bonchev–Trinajstić information content (AvgIpc) is 3.50. The Kier molecular flexibility index (Phi) is 5.63. The second kappa shape index (κ2) is 8.72. The molecule has 1 aliphatic heterocycles. The molecule has 0 saturated heterocycles. The molecule has 1 aliphatic rings. The van der Waals surface area contributed by atoms with Crippen molar-refractivity contribution in [3.8, 4) is 0 Å². The Morgan fingerprint density at radius 1 is 0.969 bits per heavy atom. The van der Waals surface area contributed by atoms with Gasteiger partial charge in [0.05, 0.1) is 12.6 Å². The number of amides is 1. The molecule has 0 radical (unpaired) electrons. The highest BCUT2D eigenvalue weighted by Crippen LogP contribution is 2.39. The lowest BCUT2D eigenvalue weighted by molar-refractivity contribution is -0.134. The van der Waals surface area contributed by atoms with E-state index in [1.54, 1.807) is 27.6 Å². The SMILES string of the molecule is O=C(Cn1c(=O)ccn(Cc2ccccc2)c1=O)N1CCc2sccc2[C@H]1c1cccs1. The molecule has 0 aliphatic carbocycles. The molecule has 0 fully saturated rings. The molecule has 1 aromatic carbocycles. The van der Waals surface area contributed by atoms with Crippen LogP contribution in [0.2, 0.25) is 0 Å². The Balaban J connectivity index is 1.45. The number of hydrogen-bond donors (Lipinski definition) is 0. The molecule has 8 heteroatoms. The lowest BCUT2D eigenvalue weighted by Crippen LogP contribution is -2.46. The first-order chi connectivity index (χ1) is 15.6. The summed E-state index contributed by atoms with van der Waals surface area (Å²) in [6, 6.07) is 16.8. The molecule has 0 spiro atoms. The summed E-state index contributed by atoms with van der Waals surface area (Å²) in [4.78, 5) is 43.1. The maximum Gasteiger partial charge on any atom is 0.331 e. The van der Waals surface area contributed by atoms with E-state index in [2.05, 4.69) is 11.4 Å². The minimum atomic E-state index is -0.476. The number of rotatable bonds is 5. The Labute approximate surface area is 192 Å². The van der Waals surface area contributed by atoms with Crippen molar-refractivity contribution in [3.63, 3.8) is 0 Å². The van der Waals surface area contributed by atoms with Gasteiger partial charge in [-0.1, -0.05) is 36.4 Å². The fourth-order valence-corrected chi connectivity index (χ4v) is 5.93. The lowest BCUT2D eigenvalue weighted by atomic mass is 9.98. The van der Waals surface area contributed by atoms with Crippen molar-refractivity contribution in [3.05, 3.63) is 113 Å². The molecule has 6 nitrogen and oxygen atoms in total. The van der Waals surface area contributed by atoms with Gasteiger partial charge in [-0.25, -0.2) is 4.79 Å². The standard InChI is InChI=1S/C24H21N3O3S2/c28-21-9-11-25(15-17-5-2-1-3-6-17)24(30)27(21)16-22(29)26-12-8-19-18(10-14-32-19)23(26)20-7-4-13-31-20/h1-7,9-11,13-14,23H,8,12,15-16H2/t23-/m0/s1. The van der Waals surface area contributed by atoms with E-state index >= 15 is 0 Å². The number of carbonyl (C=O) groups is 1. The maximum absolute atomic E-state index is 13.4. The minimum Gasteiger partial charge on any atom is -0.329 e. The van der Waals surface area contributed by atoms with Crippen molar-refractivity contribution in [2.75, 3.05) is 6.54 Å². The van der Waals surface area contributed by atoms with Crippen molar-refractivity contribution in [1.82, 2.24) is 14.0 Å². The van der Waals surface area contributed by atoms with Crippen LogP contribution in [0.4, 0.5) is 0 Å². The lowest BCUT2D eigenvalue weighted by Gasteiger charge is -2.35. The topological polar surface area (TPSA) is 64.3 Å². The van der Waals surface area contributed by atoms with Gasteiger partial charge < -0.3 is 4.90 Å². The van der Waals surface area contributed by atoms with Crippen molar-refractivity contribution in [2.24, 2.45) is 0 Å². The summed E-state index contributed by atoms with van der Waals surface area (Å²) in [5, 5.41) is 4.06. The molecule has 0 unspecified atom stereocenters. The van der Waals surface area contributed by atoms with E-state index in [4.69, 9.17) is 0 Å². The largest absolute Gasteiger partial charge is 0.331 e. The van der Waals surface area contributed by atoms with Gasteiger partial charge in [-0.05, 0) is 40.4 Å². The third kappa shape index (κ3) is 3.87. The smallest absolute Gasteiger partial charge is 0.329 e. The van der Waals surface area contributed by atoms with Gasteiger partial charge in [0.15, 0.2) is 0 Å². The highest BCUT2D eigenvalue weighted by Gasteiger charge is 2.33. The van der Waals surface area contributed by atoms with Crippen LogP contribution in [0.5, 0.6) is 0 Å². The van der Waals surface area contributed by atoms with E-state index in [0.29, 0.717) is 13.1 Å². The van der Waals surface area contributed by atoms with E-state index in [9.17, 15) is 14.4 Å². The number of hydrogen-bond acceptors (Lipinski definition) is 5. The Morgan fingerprint density at radius 3 is 2.59 bits per heavy atom. The van der Waals surface area contributed by atoms with Crippen molar-refractivity contribution < 1.29 is 4.79 Å². The minimum absolute atomic E-state index is 0.177. The van der Waals surface area contributed by atoms with Crippen LogP contribution in [-0.2, 0) is 24.3 Å². The Bertz CT molecular complexity index is 1350. The van der Waals surface area contributed by atoms with Crippen LogP contribution in [0.25, 0.3) is 0 Å². The van der Waals surface area contributed by atoms with Gasteiger partial charge in [0.2, 0.25) is 5.91 Å². The predicted octanol–water partition coefficient (Wildman–Crippen LogP) is 3.36. The Hall–Kier alpha value is -3.23. The van der Waals surface area contributed by atoms with Crippen molar-refractivity contribution in [2.45, 2.75) is 25.6 Å². The molecular formula is C24H21N3O3S2. The number of nitrogens with zero attached hydrogens (tertiary/aromatic N) is 3. The maximum atomic E-state index is 13.4. The second-order valence-corrected chi connectivity index (χ2v) is 9.67. The van der Waals surface area contributed by atoms with Crippen molar-refractivity contribution >= 4 is 28.6 Å². The monoisotopic (exact) mass is 463 g/mol. The zero-order chi connectivity index (χ0) is 22.1. The van der Waals surface area contributed by atoms with Crippen LogP contribution in [-0.4, -0.2) is 26.5 Å². The van der Waals surface area contributed by atoms with Crippen LogP contribution < -0.4 is 11.2 Å². The third-order valence-corrected chi connectivity index (χ3v) is 7.65. The van der Waals surface area contributed by atoms with Gasteiger partial charge in [-0.3, -0.25) is 18.7 Å². The predicted molar refractivity (Wildman–Crippen MR) is 126 cm³/mol. The summed E-state index contributed by atoms with van der Waals surface area (Å²) in [5.74, 6) is -0.225. The first-order valence-electron chi connectivity index (χ1n) is 10.3. The van der Waals surface area contributed by atoms with Gasteiger partial charge in [-0.15, -0.1) is 22.7 Å². The van der Waals surface area contributed by atoms with E-state index in [0.717, 1.165) is 27.0 Å².